The van der Waals surface area contributed by atoms with Gasteiger partial charge in [0, 0.05) is 24.9 Å². The Morgan fingerprint density at radius 3 is 2.47 bits per heavy atom. The van der Waals surface area contributed by atoms with Crippen molar-refractivity contribution >= 4 is 39.9 Å². The third kappa shape index (κ3) is 6.52. The second kappa shape index (κ2) is 10.2. The number of carbonyl (C=O) groups excluding carboxylic acids is 4. The van der Waals surface area contributed by atoms with Crippen molar-refractivity contribution in [2.45, 2.75) is 32.6 Å². The molecule has 0 atom stereocenters. The molecule has 2 aromatic rings. The van der Waals surface area contributed by atoms with Gasteiger partial charge >= 0.3 is 5.97 Å². The first-order valence-corrected chi connectivity index (χ1v) is 10.7. The Bertz CT molecular complexity index is 931. The summed E-state index contributed by atoms with van der Waals surface area (Å²) in [6.45, 7) is 1.75. The van der Waals surface area contributed by atoms with Gasteiger partial charge in [0.1, 0.15) is 4.88 Å². The first-order chi connectivity index (χ1) is 14.4. The minimum atomic E-state index is -0.588. The highest BCUT2D eigenvalue weighted by Crippen LogP contribution is 2.31. The van der Waals surface area contributed by atoms with E-state index in [1.54, 1.807) is 24.3 Å². The van der Waals surface area contributed by atoms with Gasteiger partial charge in [-0.05, 0) is 43.4 Å². The van der Waals surface area contributed by atoms with Crippen molar-refractivity contribution in [2.24, 2.45) is 5.92 Å². The molecule has 8 heteroatoms. The number of rotatable bonds is 10. The van der Waals surface area contributed by atoms with Crippen LogP contribution < -0.4 is 10.6 Å². The predicted octanol–water partition coefficient (Wildman–Crippen LogP) is 3.21. The minimum absolute atomic E-state index is 0.0227. The molecule has 158 valence electrons. The quantitative estimate of drug-likeness (QED) is 0.344. The molecule has 0 aliphatic heterocycles. The van der Waals surface area contributed by atoms with Gasteiger partial charge in [-0.2, -0.15) is 0 Å². The fourth-order valence-electron chi connectivity index (χ4n) is 2.78. The van der Waals surface area contributed by atoms with E-state index < -0.39 is 5.97 Å². The van der Waals surface area contributed by atoms with Gasteiger partial charge in [-0.3, -0.25) is 14.4 Å². The molecule has 0 radical (unpaired) electrons. The minimum Gasteiger partial charge on any atom is -0.453 e. The van der Waals surface area contributed by atoms with E-state index in [2.05, 4.69) is 10.6 Å². The molecule has 0 saturated heterocycles. The predicted molar refractivity (Wildman–Crippen MR) is 114 cm³/mol. The Hall–Kier alpha value is -3.00. The van der Waals surface area contributed by atoms with Gasteiger partial charge in [0.05, 0.1) is 5.00 Å². The van der Waals surface area contributed by atoms with Crippen LogP contribution in [0.2, 0.25) is 0 Å². The Morgan fingerprint density at radius 1 is 1.07 bits per heavy atom. The van der Waals surface area contributed by atoms with Crippen LogP contribution in [0.3, 0.4) is 0 Å². The number of hydrogen-bond acceptors (Lipinski definition) is 6. The molecule has 1 aliphatic rings. The molecular weight excluding hydrogens is 404 g/mol. The maximum atomic E-state index is 12.3. The molecule has 1 heterocycles. The Morgan fingerprint density at radius 2 is 1.80 bits per heavy atom. The zero-order valence-electron chi connectivity index (χ0n) is 16.7. The summed E-state index contributed by atoms with van der Waals surface area (Å²) in [5.74, 6) is -0.858. The van der Waals surface area contributed by atoms with Crippen LogP contribution in [0.1, 0.15) is 51.8 Å². The molecule has 0 unspecified atom stereocenters. The lowest BCUT2D eigenvalue weighted by Crippen LogP contribution is -2.21. The number of hydrogen-bond donors (Lipinski definition) is 2. The van der Waals surface area contributed by atoms with E-state index in [-0.39, 0.29) is 30.1 Å². The molecule has 0 spiro atoms. The van der Waals surface area contributed by atoms with Gasteiger partial charge in [-0.15, -0.1) is 11.3 Å². The van der Waals surface area contributed by atoms with Crippen molar-refractivity contribution in [2.75, 3.05) is 18.5 Å². The zero-order chi connectivity index (χ0) is 21.5. The highest BCUT2D eigenvalue weighted by Gasteiger charge is 2.30. The van der Waals surface area contributed by atoms with E-state index in [4.69, 9.17) is 4.74 Å². The number of Topliss-reactive ketones (excluding diaryl/α,β-unsaturated/α-hetero) is 1. The zero-order valence-corrected chi connectivity index (χ0v) is 17.6. The number of ether oxygens (including phenoxy) is 1. The molecule has 7 nitrogen and oxygen atoms in total. The van der Waals surface area contributed by atoms with Gasteiger partial charge in [0.15, 0.2) is 12.4 Å². The summed E-state index contributed by atoms with van der Waals surface area (Å²) >= 11 is 1.13. The van der Waals surface area contributed by atoms with Crippen molar-refractivity contribution in [3.63, 3.8) is 0 Å². The summed E-state index contributed by atoms with van der Waals surface area (Å²) < 4.78 is 5.12. The molecule has 1 aliphatic carbocycles. The SMILES string of the molecule is CC(=O)NCCCc1ccc(C(=O)COC(=O)c2ccc(NC(=O)C3CC3)s2)cc1. The number of nitrogens with one attached hydrogen (secondary N) is 2. The van der Waals surface area contributed by atoms with Crippen LogP contribution in [0.5, 0.6) is 0 Å². The molecule has 1 saturated carbocycles. The summed E-state index contributed by atoms with van der Waals surface area (Å²) in [4.78, 5) is 47.4. The van der Waals surface area contributed by atoms with Crippen molar-refractivity contribution in [3.8, 4) is 0 Å². The molecule has 0 bridgehead atoms. The Labute approximate surface area is 178 Å². The molecule has 2 amide bonds. The van der Waals surface area contributed by atoms with Crippen LogP contribution >= 0.6 is 11.3 Å². The lowest BCUT2D eigenvalue weighted by molar-refractivity contribution is -0.119. The van der Waals surface area contributed by atoms with Crippen LogP contribution in [0.15, 0.2) is 36.4 Å². The number of thiophene rings is 1. The summed E-state index contributed by atoms with van der Waals surface area (Å²) in [6, 6.07) is 10.4. The van der Waals surface area contributed by atoms with Gasteiger partial charge in [0.25, 0.3) is 0 Å². The lowest BCUT2D eigenvalue weighted by Gasteiger charge is -2.05. The van der Waals surface area contributed by atoms with Crippen LogP contribution in [0.4, 0.5) is 5.00 Å². The molecule has 30 heavy (non-hydrogen) atoms. The number of carbonyl (C=O) groups is 4. The topological polar surface area (TPSA) is 102 Å². The van der Waals surface area contributed by atoms with E-state index in [0.717, 1.165) is 42.6 Å². The van der Waals surface area contributed by atoms with Gasteiger partial charge in [-0.1, -0.05) is 24.3 Å². The van der Waals surface area contributed by atoms with Crippen molar-refractivity contribution in [1.29, 1.82) is 0 Å². The van der Waals surface area contributed by atoms with E-state index >= 15 is 0 Å². The first kappa shape index (κ1) is 21.7. The van der Waals surface area contributed by atoms with Crippen LogP contribution in [-0.4, -0.2) is 36.7 Å². The van der Waals surface area contributed by atoms with Gasteiger partial charge in [-0.25, -0.2) is 4.79 Å². The van der Waals surface area contributed by atoms with Crippen LogP contribution in [0.25, 0.3) is 0 Å². The average Bonchev–Trinajstić information content (AvgIpc) is 3.49. The normalized spacial score (nSPS) is 12.8. The molecule has 1 fully saturated rings. The maximum Gasteiger partial charge on any atom is 0.348 e. The number of esters is 1. The molecule has 1 aromatic heterocycles. The molecular formula is C22H24N2O5S. The number of aryl methyl sites for hydroxylation is 1. The first-order valence-electron chi connectivity index (χ1n) is 9.87. The maximum absolute atomic E-state index is 12.3. The van der Waals surface area contributed by atoms with E-state index in [1.165, 1.54) is 6.92 Å². The van der Waals surface area contributed by atoms with Crippen molar-refractivity contribution < 1.29 is 23.9 Å². The van der Waals surface area contributed by atoms with Gasteiger partial charge < -0.3 is 15.4 Å². The standard InChI is InChI=1S/C22H24N2O5S/c1-14(25)23-12-2-3-15-4-6-16(7-5-15)18(26)13-29-22(28)19-10-11-20(30-19)24-21(27)17-8-9-17/h4-7,10-11,17H,2-3,8-9,12-13H2,1H3,(H,23,25)(H,24,27). The fraction of sp³-hybridized carbons (Fsp3) is 0.364. The molecule has 1 aromatic carbocycles. The number of anilines is 1. The number of ketones is 1. The molecule has 2 N–H and O–H groups in total. The summed E-state index contributed by atoms with van der Waals surface area (Å²) in [6.07, 6.45) is 3.43. The largest absolute Gasteiger partial charge is 0.453 e. The van der Waals surface area contributed by atoms with Crippen LogP contribution in [0, 0.1) is 5.92 Å². The van der Waals surface area contributed by atoms with Crippen molar-refractivity contribution in [1.82, 2.24) is 5.32 Å². The smallest absolute Gasteiger partial charge is 0.348 e. The second-order valence-corrected chi connectivity index (χ2v) is 8.29. The van der Waals surface area contributed by atoms with E-state index in [1.807, 2.05) is 12.1 Å². The van der Waals surface area contributed by atoms with E-state index in [9.17, 15) is 19.2 Å². The third-order valence-electron chi connectivity index (χ3n) is 4.63. The van der Waals surface area contributed by atoms with Crippen LogP contribution in [-0.2, 0) is 20.7 Å². The lowest BCUT2D eigenvalue weighted by atomic mass is 10.1. The highest BCUT2D eigenvalue weighted by molar-refractivity contribution is 7.18. The summed E-state index contributed by atoms with van der Waals surface area (Å²) in [5, 5.41) is 6.12. The summed E-state index contributed by atoms with van der Waals surface area (Å²) in [7, 11) is 0. The monoisotopic (exact) mass is 428 g/mol. The highest BCUT2D eigenvalue weighted by atomic mass is 32.1. The van der Waals surface area contributed by atoms with Crippen molar-refractivity contribution in [3.05, 3.63) is 52.4 Å². The Balaban J connectivity index is 1.43. The average molecular weight is 429 g/mol. The number of amides is 2. The Kier molecular flexibility index (Phi) is 7.35. The molecule has 3 rings (SSSR count). The number of benzene rings is 1. The summed E-state index contributed by atoms with van der Waals surface area (Å²) in [5.41, 5.74) is 1.53. The van der Waals surface area contributed by atoms with Gasteiger partial charge in [0.2, 0.25) is 11.8 Å². The third-order valence-corrected chi connectivity index (χ3v) is 5.61. The fourth-order valence-corrected chi connectivity index (χ4v) is 3.59. The van der Waals surface area contributed by atoms with E-state index in [0.29, 0.717) is 22.0 Å². The second-order valence-electron chi connectivity index (χ2n) is 7.21.